The van der Waals surface area contributed by atoms with Crippen LogP contribution in [0.2, 0.25) is 5.02 Å². The van der Waals surface area contributed by atoms with Crippen LogP contribution in [0.15, 0.2) is 42.5 Å². The van der Waals surface area contributed by atoms with Crippen molar-refractivity contribution in [3.05, 3.63) is 64.4 Å². The Kier molecular flexibility index (Phi) is 4.99. The molecule has 0 saturated carbocycles. The van der Waals surface area contributed by atoms with E-state index in [0.717, 1.165) is 11.3 Å². The van der Waals surface area contributed by atoms with Crippen molar-refractivity contribution in [3.8, 4) is 0 Å². The lowest BCUT2D eigenvalue weighted by atomic mass is 10.2. The van der Waals surface area contributed by atoms with Crippen molar-refractivity contribution >= 4 is 17.3 Å². The molecule has 0 unspecified atom stereocenters. The molecule has 2 rings (SSSR count). The summed E-state index contributed by atoms with van der Waals surface area (Å²) in [5, 5.41) is 3.39. The highest BCUT2D eigenvalue weighted by molar-refractivity contribution is 6.30. The molecule has 20 heavy (non-hydrogen) atoms. The van der Waals surface area contributed by atoms with Crippen molar-refractivity contribution in [2.24, 2.45) is 0 Å². The molecule has 2 aromatic carbocycles. The van der Waals surface area contributed by atoms with Crippen molar-refractivity contribution in [2.45, 2.75) is 13.1 Å². The summed E-state index contributed by atoms with van der Waals surface area (Å²) in [5.41, 5.74) is 2.91. The predicted molar refractivity (Wildman–Crippen MR) is 82.7 cm³/mol. The maximum absolute atomic E-state index is 13.7. The van der Waals surface area contributed by atoms with E-state index in [1.165, 1.54) is 0 Å². The SMILES string of the molecule is CN(C)c1ccc(CNCc2cccc(Cl)c2F)cc1. The molecule has 2 nitrogen and oxygen atoms in total. The molecule has 106 valence electrons. The molecule has 1 N–H and O–H groups in total. The molecule has 0 spiro atoms. The van der Waals surface area contributed by atoms with Gasteiger partial charge < -0.3 is 10.2 Å². The second-order valence-corrected chi connectivity index (χ2v) is 5.28. The molecule has 0 aliphatic heterocycles. The topological polar surface area (TPSA) is 15.3 Å². The van der Waals surface area contributed by atoms with Gasteiger partial charge in [-0.2, -0.15) is 0 Å². The Balaban J connectivity index is 1.91. The highest BCUT2D eigenvalue weighted by atomic mass is 35.5. The van der Waals surface area contributed by atoms with Gasteiger partial charge in [-0.25, -0.2) is 4.39 Å². The smallest absolute Gasteiger partial charge is 0.146 e. The molecule has 0 aliphatic carbocycles. The molecule has 0 amide bonds. The number of anilines is 1. The second-order valence-electron chi connectivity index (χ2n) is 4.88. The Morgan fingerprint density at radius 1 is 1.05 bits per heavy atom. The fourth-order valence-electron chi connectivity index (χ4n) is 1.94. The summed E-state index contributed by atoms with van der Waals surface area (Å²) in [7, 11) is 4.02. The van der Waals surface area contributed by atoms with Crippen LogP contribution in [-0.4, -0.2) is 14.1 Å². The molecule has 0 aliphatic rings. The minimum absolute atomic E-state index is 0.166. The van der Waals surface area contributed by atoms with Crippen LogP contribution in [0, 0.1) is 5.82 Å². The van der Waals surface area contributed by atoms with Gasteiger partial charge in [0.2, 0.25) is 0 Å². The number of halogens is 2. The fourth-order valence-corrected chi connectivity index (χ4v) is 2.13. The van der Waals surface area contributed by atoms with Crippen LogP contribution in [0.4, 0.5) is 10.1 Å². The highest BCUT2D eigenvalue weighted by Gasteiger charge is 2.05. The molecular weight excluding hydrogens is 275 g/mol. The lowest BCUT2D eigenvalue weighted by molar-refractivity contribution is 0.588. The van der Waals surface area contributed by atoms with Crippen molar-refractivity contribution < 1.29 is 4.39 Å². The van der Waals surface area contributed by atoms with E-state index >= 15 is 0 Å². The van der Waals surface area contributed by atoms with Gasteiger partial charge in [0.25, 0.3) is 0 Å². The summed E-state index contributed by atoms with van der Waals surface area (Å²) in [6.07, 6.45) is 0. The van der Waals surface area contributed by atoms with Crippen LogP contribution in [0.3, 0.4) is 0 Å². The number of hydrogen-bond donors (Lipinski definition) is 1. The Morgan fingerprint density at radius 3 is 2.40 bits per heavy atom. The van der Waals surface area contributed by atoms with Crippen LogP contribution < -0.4 is 10.2 Å². The zero-order chi connectivity index (χ0) is 14.5. The molecule has 0 aromatic heterocycles. The minimum Gasteiger partial charge on any atom is -0.378 e. The molecule has 0 bridgehead atoms. The first-order valence-electron chi connectivity index (χ1n) is 6.48. The molecular formula is C16H18ClFN2. The number of rotatable bonds is 5. The van der Waals surface area contributed by atoms with Gasteiger partial charge in [0.15, 0.2) is 0 Å². The number of hydrogen-bond acceptors (Lipinski definition) is 2. The fraction of sp³-hybridized carbons (Fsp3) is 0.250. The van der Waals surface area contributed by atoms with Crippen molar-refractivity contribution in [1.29, 1.82) is 0 Å². The van der Waals surface area contributed by atoms with Crippen LogP contribution in [-0.2, 0) is 13.1 Å². The normalized spacial score (nSPS) is 10.6. The summed E-state index contributed by atoms with van der Waals surface area (Å²) in [4.78, 5) is 2.05. The standard InChI is InChI=1S/C16H18ClFN2/c1-20(2)14-8-6-12(7-9-14)10-19-11-13-4-3-5-15(17)16(13)18/h3-9,19H,10-11H2,1-2H3. The lowest BCUT2D eigenvalue weighted by Crippen LogP contribution is -2.14. The zero-order valence-electron chi connectivity index (χ0n) is 11.7. The van der Waals surface area contributed by atoms with Crippen LogP contribution in [0.5, 0.6) is 0 Å². The van der Waals surface area contributed by atoms with Gasteiger partial charge in [-0.15, -0.1) is 0 Å². The highest BCUT2D eigenvalue weighted by Crippen LogP contribution is 2.18. The number of benzene rings is 2. The third-order valence-corrected chi connectivity index (χ3v) is 3.42. The summed E-state index contributed by atoms with van der Waals surface area (Å²) < 4.78 is 13.7. The number of nitrogens with zero attached hydrogens (tertiary/aromatic N) is 1. The van der Waals surface area contributed by atoms with E-state index in [-0.39, 0.29) is 10.8 Å². The van der Waals surface area contributed by atoms with Gasteiger partial charge in [-0.3, -0.25) is 0 Å². The largest absolute Gasteiger partial charge is 0.378 e. The molecule has 0 heterocycles. The Labute approximate surface area is 124 Å². The predicted octanol–water partition coefficient (Wildman–Crippen LogP) is 3.83. The third-order valence-electron chi connectivity index (χ3n) is 3.13. The zero-order valence-corrected chi connectivity index (χ0v) is 12.4. The molecule has 0 saturated heterocycles. The monoisotopic (exact) mass is 292 g/mol. The van der Waals surface area contributed by atoms with Crippen LogP contribution in [0.25, 0.3) is 0 Å². The Bertz CT molecular complexity index is 567. The first kappa shape index (κ1) is 14.8. The lowest BCUT2D eigenvalue weighted by Gasteiger charge is -2.13. The first-order chi connectivity index (χ1) is 9.58. The van der Waals surface area contributed by atoms with Crippen LogP contribution >= 0.6 is 11.6 Å². The van der Waals surface area contributed by atoms with Crippen molar-refractivity contribution in [2.75, 3.05) is 19.0 Å². The van der Waals surface area contributed by atoms with Gasteiger partial charge in [0.1, 0.15) is 5.82 Å². The van der Waals surface area contributed by atoms with Gasteiger partial charge in [0.05, 0.1) is 5.02 Å². The van der Waals surface area contributed by atoms with Crippen LogP contribution in [0.1, 0.15) is 11.1 Å². The van der Waals surface area contributed by atoms with E-state index in [9.17, 15) is 4.39 Å². The minimum atomic E-state index is -0.343. The average Bonchev–Trinajstić information content (AvgIpc) is 2.44. The average molecular weight is 293 g/mol. The molecule has 4 heteroatoms. The number of nitrogens with one attached hydrogen (secondary N) is 1. The maximum Gasteiger partial charge on any atom is 0.146 e. The Hall–Kier alpha value is -1.58. The maximum atomic E-state index is 13.7. The molecule has 0 fully saturated rings. The molecule has 2 aromatic rings. The van der Waals surface area contributed by atoms with Crippen molar-refractivity contribution in [1.82, 2.24) is 5.32 Å². The second kappa shape index (κ2) is 6.73. The third kappa shape index (κ3) is 3.71. The summed E-state index contributed by atoms with van der Waals surface area (Å²) in [6, 6.07) is 13.3. The van der Waals surface area contributed by atoms with Gasteiger partial charge in [0, 0.05) is 38.4 Å². The van der Waals surface area contributed by atoms with E-state index in [4.69, 9.17) is 11.6 Å². The van der Waals surface area contributed by atoms with E-state index in [1.54, 1.807) is 18.2 Å². The molecule has 0 atom stereocenters. The first-order valence-corrected chi connectivity index (χ1v) is 6.85. The Morgan fingerprint density at radius 2 is 1.75 bits per heavy atom. The summed E-state index contributed by atoms with van der Waals surface area (Å²) in [6.45, 7) is 1.15. The van der Waals surface area contributed by atoms with Crippen molar-refractivity contribution in [3.63, 3.8) is 0 Å². The summed E-state index contributed by atoms with van der Waals surface area (Å²) in [5.74, 6) is -0.343. The van der Waals surface area contributed by atoms with E-state index in [1.807, 2.05) is 14.1 Å². The van der Waals surface area contributed by atoms with Gasteiger partial charge in [-0.1, -0.05) is 35.9 Å². The van der Waals surface area contributed by atoms with E-state index in [2.05, 4.69) is 34.5 Å². The quantitative estimate of drug-likeness (QED) is 0.901. The van der Waals surface area contributed by atoms with Gasteiger partial charge in [-0.05, 0) is 23.8 Å². The van der Waals surface area contributed by atoms with Gasteiger partial charge >= 0.3 is 0 Å². The summed E-state index contributed by atoms with van der Waals surface area (Å²) >= 11 is 5.75. The molecule has 0 radical (unpaired) electrons. The van der Waals surface area contributed by atoms with E-state index in [0.29, 0.717) is 18.7 Å². The van der Waals surface area contributed by atoms with E-state index < -0.39 is 0 Å².